The first kappa shape index (κ1) is 55.8. The molecule has 0 saturated carbocycles. The van der Waals surface area contributed by atoms with E-state index in [2.05, 4.69) is 43.5 Å². The molecule has 4 aliphatic heterocycles. The molecule has 0 aromatic carbocycles. The number of pyridine rings is 1. The highest BCUT2D eigenvalue weighted by atomic mass is 31.3. The first-order valence-corrected chi connectivity index (χ1v) is 28.0. The van der Waals surface area contributed by atoms with Crippen molar-refractivity contribution < 1.29 is 104 Å². The van der Waals surface area contributed by atoms with Gasteiger partial charge in [0.15, 0.2) is 41.5 Å². The summed E-state index contributed by atoms with van der Waals surface area (Å²) in [5.74, 6) is -0.459. The summed E-state index contributed by atoms with van der Waals surface area (Å²) >= 11 is 0. The molecule has 0 bridgehead atoms. The van der Waals surface area contributed by atoms with Gasteiger partial charge in [-0.3, -0.25) is 37.2 Å². The predicted molar refractivity (Wildman–Crippen MR) is 250 cm³/mol. The maximum absolute atomic E-state index is 13.7. The van der Waals surface area contributed by atoms with Crippen molar-refractivity contribution in [3.05, 3.63) is 45.8 Å². The number of rotatable bonds is 20. The second kappa shape index (κ2) is 21.0. The van der Waals surface area contributed by atoms with E-state index in [1.807, 2.05) is 0 Å². The standard InChI is InChI=1S/C34H48N14O24P4/c1-3-45-11-48(28-19(45)30(54)44-34(37)43-28)32-23(52)21(50)14(68-32)6-65-74(57,58)71-76(61,62)72-75(59,60)66-7-15-24(25(63-2)33(69-15)47-10-41-18-26(36)38-8-39-27(18)47)70-73(55,56)64-5-13-20(49)22(51)31(67-13)46-9-40-17-12(46)4-16(35)42-29(17)53/h4,8-10,13-15,20-25,31-33,49-52H,3,5-7,11H2,1-2H3,(H,55,56)(H,57,58)(H,59,60)(H,61,62)(H3,35,42,53)(H2,36,38,39)(H3,37,43,44,54)/t13-,14-,15-,20-,21-,22-,23-,24-,25-,31-,32-,33-/m1/s1. The van der Waals surface area contributed by atoms with E-state index >= 15 is 0 Å². The van der Waals surface area contributed by atoms with Gasteiger partial charge in [0.1, 0.15) is 78.3 Å². The molecule has 4 unspecified atom stereocenters. The van der Waals surface area contributed by atoms with E-state index in [-0.39, 0.29) is 64.5 Å². The highest BCUT2D eigenvalue weighted by Crippen LogP contribution is 2.68. The summed E-state index contributed by atoms with van der Waals surface area (Å²) in [6.07, 6.45) is -16.7. The first-order valence-electron chi connectivity index (χ1n) is 22.0. The van der Waals surface area contributed by atoms with Crippen LogP contribution < -0.4 is 38.1 Å². The fourth-order valence-electron chi connectivity index (χ4n) is 8.73. The van der Waals surface area contributed by atoms with Crippen LogP contribution in [0.3, 0.4) is 0 Å². The number of nitrogens with two attached hydrogens (primary N) is 3. The number of aliphatic hydroxyl groups is 4. The Labute approximate surface area is 423 Å². The molecule has 0 amide bonds. The highest BCUT2D eigenvalue weighted by molar-refractivity contribution is 7.66. The molecule has 0 aliphatic carbocycles. The van der Waals surface area contributed by atoms with E-state index < -0.39 is 136 Å². The molecular weight excluding hydrogens is 1110 g/mol. The summed E-state index contributed by atoms with van der Waals surface area (Å²) in [5, 5.41) is 43.4. The van der Waals surface area contributed by atoms with E-state index in [1.54, 1.807) is 11.8 Å². The number of nitrogens with one attached hydrogen (secondary N) is 2. The van der Waals surface area contributed by atoms with E-state index in [0.717, 1.165) is 26.1 Å². The number of ether oxygens (including phenoxy) is 4. The Kier molecular flexibility index (Phi) is 15.4. The van der Waals surface area contributed by atoms with Crippen molar-refractivity contribution in [3.63, 3.8) is 0 Å². The van der Waals surface area contributed by atoms with Gasteiger partial charge in [0.2, 0.25) is 5.95 Å². The summed E-state index contributed by atoms with van der Waals surface area (Å²) < 4.78 is 107. The summed E-state index contributed by atoms with van der Waals surface area (Å²) in [5.41, 5.74) is 16.3. The zero-order valence-electron chi connectivity index (χ0n) is 38.9. The Morgan fingerprint density at radius 2 is 1.28 bits per heavy atom. The largest absolute Gasteiger partial charge is 0.490 e. The van der Waals surface area contributed by atoms with E-state index in [1.165, 1.54) is 20.1 Å². The molecule has 0 radical (unpaired) electrons. The number of hydrogen-bond acceptors (Lipinski definition) is 30. The minimum absolute atomic E-state index is 0.0123. The topological polar surface area (TPSA) is 547 Å². The fourth-order valence-corrected chi connectivity index (χ4v) is 13.2. The van der Waals surface area contributed by atoms with Crippen molar-refractivity contribution in [3.8, 4) is 0 Å². The van der Waals surface area contributed by atoms with Gasteiger partial charge in [-0.15, -0.1) is 0 Å². The Hall–Kier alpha value is -4.95. The average molecular weight is 1160 g/mol. The number of phosphoric acid groups is 4. The first-order chi connectivity index (χ1) is 35.7. The second-order valence-corrected chi connectivity index (χ2v) is 23.0. The van der Waals surface area contributed by atoms with Crippen LogP contribution in [0, 0.1) is 0 Å². The number of phosphoric ester groups is 3. The Balaban J connectivity index is 0.854. The quantitative estimate of drug-likeness (QED) is 0.0337. The third-order valence-electron chi connectivity index (χ3n) is 12.1. The van der Waals surface area contributed by atoms with Crippen molar-refractivity contribution in [2.75, 3.05) is 67.1 Å². The molecule has 3 fully saturated rings. The van der Waals surface area contributed by atoms with Crippen LogP contribution >= 0.6 is 31.3 Å². The smallest absolute Gasteiger partial charge is 0.387 e. The van der Waals surface area contributed by atoms with Gasteiger partial charge in [0, 0.05) is 19.7 Å². The minimum Gasteiger partial charge on any atom is -0.387 e. The zero-order chi connectivity index (χ0) is 55.0. The number of hydrogen-bond donors (Lipinski definition) is 13. The van der Waals surface area contributed by atoms with Crippen LogP contribution in [0.2, 0.25) is 0 Å². The molecule has 0 spiro atoms. The molecule has 9 heterocycles. The number of nitrogen functional groups attached to an aromatic ring is 3. The van der Waals surface area contributed by atoms with Gasteiger partial charge in [-0.05, 0) is 6.92 Å². The van der Waals surface area contributed by atoms with E-state index in [4.69, 9.17) is 54.2 Å². The molecule has 5 aromatic rings. The molecule has 9 rings (SSSR count). The van der Waals surface area contributed by atoms with Crippen molar-refractivity contribution >= 4 is 82.6 Å². The number of fused-ring (bicyclic) bond motifs is 3. The van der Waals surface area contributed by atoms with Crippen LogP contribution in [0.4, 0.5) is 29.1 Å². The molecule has 16 atom stereocenters. The maximum Gasteiger partial charge on any atom is 0.490 e. The van der Waals surface area contributed by atoms with Gasteiger partial charge >= 0.3 is 31.3 Å². The molecular formula is C34H48N14O24P4. The van der Waals surface area contributed by atoms with Crippen LogP contribution in [0.5, 0.6) is 0 Å². The highest BCUT2D eigenvalue weighted by Gasteiger charge is 2.54. The lowest BCUT2D eigenvalue weighted by molar-refractivity contribution is -0.0580. The number of aromatic nitrogens is 9. The number of aromatic amines is 2. The minimum atomic E-state index is -6.20. The lowest BCUT2D eigenvalue weighted by atomic mass is 10.1. The molecule has 42 heteroatoms. The van der Waals surface area contributed by atoms with Crippen molar-refractivity contribution in [2.24, 2.45) is 0 Å². The molecule has 3 saturated heterocycles. The van der Waals surface area contributed by atoms with Crippen molar-refractivity contribution in [1.82, 2.24) is 44.0 Å². The van der Waals surface area contributed by atoms with Gasteiger partial charge in [0.05, 0.1) is 44.7 Å². The normalized spacial score (nSPS) is 30.9. The Morgan fingerprint density at radius 3 is 1.92 bits per heavy atom. The number of anilines is 5. The van der Waals surface area contributed by atoms with Crippen LogP contribution in [-0.4, -0.2) is 185 Å². The van der Waals surface area contributed by atoms with E-state index in [9.17, 15) is 67.8 Å². The average Bonchev–Trinajstić information content (AvgIpc) is 4.19. The van der Waals surface area contributed by atoms with Crippen LogP contribution in [0.1, 0.15) is 19.4 Å². The van der Waals surface area contributed by atoms with Crippen LogP contribution in [-0.2, 0) is 63.9 Å². The fraction of sp³-hybridized carbons (Fsp3) is 0.559. The summed E-state index contributed by atoms with van der Waals surface area (Å²) in [7, 11) is -22.3. The number of H-pyrrole nitrogens is 2. The second-order valence-electron chi connectivity index (χ2n) is 17.0. The monoisotopic (exact) mass is 1160 g/mol. The van der Waals surface area contributed by atoms with Gasteiger partial charge < -0.3 is 95.5 Å². The summed E-state index contributed by atoms with van der Waals surface area (Å²) in [6, 6.07) is 1.31. The van der Waals surface area contributed by atoms with Crippen molar-refractivity contribution in [2.45, 2.75) is 80.5 Å². The number of methoxy groups -OCH3 is 1. The van der Waals surface area contributed by atoms with Gasteiger partial charge in [-0.2, -0.15) is 13.6 Å². The Bertz CT molecular complexity index is 3310. The third kappa shape index (κ3) is 11.1. The molecule has 16 N–H and O–H groups in total. The van der Waals surface area contributed by atoms with Crippen molar-refractivity contribution in [1.29, 1.82) is 0 Å². The zero-order valence-corrected chi connectivity index (χ0v) is 42.5. The van der Waals surface area contributed by atoms with Gasteiger partial charge in [-0.25, -0.2) is 38.2 Å². The van der Waals surface area contributed by atoms with Crippen LogP contribution in [0.15, 0.2) is 34.6 Å². The summed E-state index contributed by atoms with van der Waals surface area (Å²) in [6.45, 7) is -1.45. The molecule has 4 aliphatic rings. The molecule has 5 aromatic heterocycles. The van der Waals surface area contributed by atoms with Gasteiger partial charge in [0.25, 0.3) is 11.1 Å². The van der Waals surface area contributed by atoms with Crippen LogP contribution in [0.25, 0.3) is 22.2 Å². The number of aliphatic hydroxyl groups excluding tert-OH is 4. The maximum atomic E-state index is 13.7. The molecule has 418 valence electrons. The lowest BCUT2D eigenvalue weighted by Gasteiger charge is -2.28. The number of nitrogens with zero attached hydrogens (tertiary/aromatic N) is 9. The van der Waals surface area contributed by atoms with E-state index in [0.29, 0.717) is 0 Å². The molecule has 38 nitrogen and oxygen atoms in total. The number of imidazole rings is 2. The third-order valence-corrected chi connectivity index (χ3v) is 17.4. The SMILES string of the molecule is CCN1CN([C@@H]2O[C@H](COP(=O)(O)OP(=O)(O)OP(=O)(O)OC[C@H]3O[C@@H](n4cnc5c(N)ncnc54)[C@H](OC)[C@@H]3OP(=O)(O)OC[C@H]3O[C@@H](n4cnc5c(=O)[nH]c(N)cc54)[C@H](O)[C@@H]3O)[C@@H](O)[C@H]2O)c2nc(N)[nH]c(=O)c21. The van der Waals surface area contributed by atoms with Gasteiger partial charge in [-0.1, -0.05) is 0 Å². The Morgan fingerprint density at radius 1 is 0.697 bits per heavy atom. The lowest BCUT2D eigenvalue weighted by Crippen LogP contribution is -2.46. The summed E-state index contributed by atoms with van der Waals surface area (Å²) in [4.78, 5) is 95.1. The molecule has 76 heavy (non-hydrogen) atoms. The predicted octanol–water partition coefficient (Wildman–Crippen LogP) is -3.45.